The van der Waals surface area contributed by atoms with Gasteiger partial charge in [-0.2, -0.15) is 0 Å². The fourth-order valence-corrected chi connectivity index (χ4v) is 1.78. The molecule has 1 heterocycles. The summed E-state index contributed by atoms with van der Waals surface area (Å²) in [5.74, 6) is 0.0701. The molecule has 84 valence electrons. The number of hydrogen-bond acceptors (Lipinski definition) is 2. The van der Waals surface area contributed by atoms with Crippen molar-refractivity contribution in [3.05, 3.63) is 40.0 Å². The van der Waals surface area contributed by atoms with Gasteiger partial charge in [0.25, 0.3) is 0 Å². The Morgan fingerprint density at radius 1 is 1.38 bits per heavy atom. The molecule has 6 heteroatoms. The van der Waals surface area contributed by atoms with Crippen LogP contribution in [0.3, 0.4) is 0 Å². The number of H-pyrrole nitrogens is 1. The third-order valence-corrected chi connectivity index (χ3v) is 2.59. The van der Waals surface area contributed by atoms with E-state index in [2.05, 4.69) is 9.97 Å². The number of nitrogens with two attached hydrogens (primary N) is 1. The van der Waals surface area contributed by atoms with Crippen molar-refractivity contribution in [1.82, 2.24) is 9.97 Å². The molecule has 0 spiro atoms. The van der Waals surface area contributed by atoms with E-state index in [1.54, 1.807) is 0 Å². The minimum absolute atomic E-state index is 0.210. The van der Waals surface area contributed by atoms with E-state index in [9.17, 15) is 4.39 Å². The smallest absolute Gasteiger partial charge is 0.134 e. The van der Waals surface area contributed by atoms with E-state index < -0.39 is 5.82 Å². The first-order chi connectivity index (χ1) is 7.61. The fourth-order valence-electron chi connectivity index (χ4n) is 1.35. The minimum Gasteiger partial charge on any atom is -0.331 e. The molecular weight excluding hydrogens is 252 g/mol. The van der Waals surface area contributed by atoms with Crippen LogP contribution in [0.25, 0.3) is 11.3 Å². The van der Waals surface area contributed by atoms with Crippen LogP contribution in [0.5, 0.6) is 0 Å². The lowest BCUT2D eigenvalue weighted by molar-refractivity contribution is 0.631. The maximum Gasteiger partial charge on any atom is 0.134 e. The van der Waals surface area contributed by atoms with Gasteiger partial charge in [0, 0.05) is 10.6 Å². The normalized spacial score (nSPS) is 10.8. The molecule has 0 saturated heterocycles. The van der Waals surface area contributed by atoms with Gasteiger partial charge in [0.2, 0.25) is 0 Å². The Morgan fingerprint density at radius 2 is 2.12 bits per heavy atom. The number of aromatic nitrogens is 2. The number of imidazole rings is 1. The van der Waals surface area contributed by atoms with Gasteiger partial charge < -0.3 is 10.7 Å². The molecule has 0 amide bonds. The van der Waals surface area contributed by atoms with Crippen molar-refractivity contribution in [3.8, 4) is 11.3 Å². The van der Waals surface area contributed by atoms with Crippen molar-refractivity contribution < 1.29 is 4.39 Å². The highest BCUT2D eigenvalue weighted by Gasteiger charge is 2.14. The first-order valence-electron chi connectivity index (χ1n) is 4.51. The quantitative estimate of drug-likeness (QED) is 0.872. The molecule has 0 bridgehead atoms. The molecule has 3 N–H and O–H groups in total. The predicted molar refractivity (Wildman–Crippen MR) is 61.9 cm³/mol. The molecule has 0 aliphatic heterocycles. The maximum atomic E-state index is 13.5. The molecule has 1 aromatic heterocycles. The van der Waals surface area contributed by atoms with Crippen molar-refractivity contribution in [2.75, 3.05) is 0 Å². The predicted octanol–water partition coefficient (Wildman–Crippen LogP) is 2.98. The van der Waals surface area contributed by atoms with Gasteiger partial charge in [-0.25, -0.2) is 9.37 Å². The van der Waals surface area contributed by atoms with Gasteiger partial charge in [0.15, 0.2) is 0 Å². The fraction of sp³-hybridized carbons (Fsp3) is 0.100. The van der Waals surface area contributed by atoms with Gasteiger partial charge in [-0.05, 0) is 18.2 Å². The standard InChI is InChI=1S/C10H8Cl2FN3/c11-5-1-2-7(13)6(3-5)9-10(12)16-8(4-14)15-9/h1-3H,4,14H2,(H,15,16). The number of nitrogens with one attached hydrogen (secondary N) is 1. The van der Waals surface area contributed by atoms with E-state index >= 15 is 0 Å². The van der Waals surface area contributed by atoms with Gasteiger partial charge >= 0.3 is 0 Å². The largest absolute Gasteiger partial charge is 0.331 e. The van der Waals surface area contributed by atoms with Crippen LogP contribution in [-0.4, -0.2) is 9.97 Å². The first-order valence-corrected chi connectivity index (χ1v) is 5.27. The van der Waals surface area contributed by atoms with Crippen molar-refractivity contribution in [2.24, 2.45) is 5.73 Å². The average Bonchev–Trinajstić information content (AvgIpc) is 2.63. The van der Waals surface area contributed by atoms with Gasteiger partial charge in [0.1, 0.15) is 22.5 Å². The summed E-state index contributed by atoms with van der Waals surface area (Å²) >= 11 is 11.7. The summed E-state index contributed by atoms with van der Waals surface area (Å²) < 4.78 is 13.5. The summed E-state index contributed by atoms with van der Waals surface area (Å²) in [6, 6.07) is 4.20. The zero-order valence-corrected chi connectivity index (χ0v) is 9.61. The lowest BCUT2D eigenvalue weighted by Gasteiger charge is -2.00. The van der Waals surface area contributed by atoms with Gasteiger partial charge in [-0.3, -0.25) is 0 Å². The highest BCUT2D eigenvalue weighted by Crippen LogP contribution is 2.29. The SMILES string of the molecule is NCc1nc(-c2cc(Cl)ccc2F)c(Cl)[nH]1. The molecule has 0 unspecified atom stereocenters. The van der Waals surface area contributed by atoms with Crippen LogP contribution in [0.1, 0.15) is 5.82 Å². The summed E-state index contributed by atoms with van der Waals surface area (Å²) in [4.78, 5) is 6.85. The second-order valence-corrected chi connectivity index (χ2v) is 3.99. The third-order valence-electron chi connectivity index (χ3n) is 2.09. The molecule has 2 aromatic rings. The summed E-state index contributed by atoms with van der Waals surface area (Å²) in [6.07, 6.45) is 0. The lowest BCUT2D eigenvalue weighted by atomic mass is 10.1. The minimum atomic E-state index is -0.429. The van der Waals surface area contributed by atoms with Crippen LogP contribution in [0.15, 0.2) is 18.2 Å². The van der Waals surface area contributed by atoms with Crippen LogP contribution >= 0.6 is 23.2 Å². The molecule has 16 heavy (non-hydrogen) atoms. The Bertz CT molecular complexity index is 525. The molecule has 2 rings (SSSR count). The van der Waals surface area contributed by atoms with E-state index in [-0.39, 0.29) is 17.3 Å². The van der Waals surface area contributed by atoms with Crippen LogP contribution in [-0.2, 0) is 6.54 Å². The molecule has 0 radical (unpaired) electrons. The third kappa shape index (κ3) is 2.04. The number of benzene rings is 1. The van der Waals surface area contributed by atoms with Gasteiger partial charge in [0.05, 0.1) is 6.54 Å². The van der Waals surface area contributed by atoms with E-state index in [1.807, 2.05) is 0 Å². The summed E-state index contributed by atoms with van der Waals surface area (Å²) in [5.41, 5.74) is 5.99. The highest BCUT2D eigenvalue weighted by atomic mass is 35.5. The Hall–Kier alpha value is -1.10. The van der Waals surface area contributed by atoms with E-state index in [0.29, 0.717) is 16.5 Å². The Morgan fingerprint density at radius 3 is 2.75 bits per heavy atom. The summed E-state index contributed by atoms with van der Waals surface area (Å²) in [6.45, 7) is 0.210. The maximum absolute atomic E-state index is 13.5. The van der Waals surface area contributed by atoms with Gasteiger partial charge in [-0.15, -0.1) is 0 Å². The van der Waals surface area contributed by atoms with Crippen molar-refractivity contribution in [2.45, 2.75) is 6.54 Å². The molecule has 0 fully saturated rings. The molecular formula is C10H8Cl2FN3. The van der Waals surface area contributed by atoms with Crippen LogP contribution in [0, 0.1) is 5.82 Å². The van der Waals surface area contributed by atoms with Crippen molar-refractivity contribution >= 4 is 23.2 Å². The average molecular weight is 260 g/mol. The highest BCUT2D eigenvalue weighted by molar-refractivity contribution is 6.32. The molecule has 1 aromatic carbocycles. The summed E-state index contributed by atoms with van der Waals surface area (Å²) in [7, 11) is 0. The molecule has 0 aliphatic rings. The van der Waals surface area contributed by atoms with Crippen LogP contribution in [0.4, 0.5) is 4.39 Å². The monoisotopic (exact) mass is 259 g/mol. The number of aromatic amines is 1. The molecule has 0 saturated carbocycles. The Labute approximate surface area is 101 Å². The van der Waals surface area contributed by atoms with E-state index in [1.165, 1.54) is 18.2 Å². The van der Waals surface area contributed by atoms with E-state index in [4.69, 9.17) is 28.9 Å². The first kappa shape index (κ1) is 11.4. The lowest BCUT2D eigenvalue weighted by Crippen LogP contribution is -1.97. The van der Waals surface area contributed by atoms with Crippen molar-refractivity contribution in [3.63, 3.8) is 0 Å². The zero-order valence-electron chi connectivity index (χ0n) is 8.10. The van der Waals surface area contributed by atoms with Crippen LogP contribution in [0.2, 0.25) is 10.2 Å². The molecule has 3 nitrogen and oxygen atoms in total. The van der Waals surface area contributed by atoms with Gasteiger partial charge in [-0.1, -0.05) is 23.2 Å². The molecule has 0 aliphatic carbocycles. The number of rotatable bonds is 2. The number of halogens is 3. The van der Waals surface area contributed by atoms with Crippen LogP contribution < -0.4 is 5.73 Å². The number of hydrogen-bond donors (Lipinski definition) is 2. The second-order valence-electron chi connectivity index (χ2n) is 3.17. The van der Waals surface area contributed by atoms with E-state index in [0.717, 1.165) is 0 Å². The molecule has 0 atom stereocenters. The summed E-state index contributed by atoms with van der Waals surface area (Å²) in [5, 5.41) is 0.673. The zero-order chi connectivity index (χ0) is 11.7. The number of nitrogens with zero attached hydrogens (tertiary/aromatic N) is 1. The topological polar surface area (TPSA) is 54.7 Å². The second kappa shape index (κ2) is 4.41. The Kier molecular flexibility index (Phi) is 3.14. The van der Waals surface area contributed by atoms with Crippen molar-refractivity contribution in [1.29, 1.82) is 0 Å². The Balaban J connectivity index is 2.57.